The third-order valence-electron chi connectivity index (χ3n) is 1.32. The van der Waals surface area contributed by atoms with Crippen LogP contribution in [0, 0.1) is 10.1 Å². The number of rotatable bonds is 3. The maximum atomic E-state index is 10.2. The van der Waals surface area contributed by atoms with Crippen molar-refractivity contribution in [3.63, 3.8) is 0 Å². The van der Waals surface area contributed by atoms with Gasteiger partial charge in [-0.15, -0.1) is 0 Å². The number of nitrogens with zero attached hydrogens (tertiary/aromatic N) is 1. The van der Waals surface area contributed by atoms with Crippen molar-refractivity contribution in [2.24, 2.45) is 0 Å². The van der Waals surface area contributed by atoms with Gasteiger partial charge >= 0.3 is 35.4 Å². The van der Waals surface area contributed by atoms with Crippen molar-refractivity contribution in [1.82, 2.24) is 0 Å². The third kappa shape index (κ3) is 2.69. The molecule has 0 aromatic carbocycles. The molecule has 0 aliphatic rings. The fourth-order valence-electron chi connectivity index (χ4n) is 0.689. The van der Waals surface area contributed by atoms with E-state index in [1.54, 1.807) is 0 Å². The van der Waals surface area contributed by atoms with E-state index in [1.165, 1.54) is 0 Å². The second-order valence-corrected chi connectivity index (χ2v) is 2.16. The number of aliphatic carboxylic acids is 1. The number of hydrogen-bond acceptors (Lipinski definition) is 5. The molecule has 7 heteroatoms. The van der Waals surface area contributed by atoms with Crippen LogP contribution in [0.25, 0.3) is 5.57 Å². The van der Waals surface area contributed by atoms with Crippen molar-refractivity contribution in [3.05, 3.63) is 34.6 Å². The van der Waals surface area contributed by atoms with Gasteiger partial charge in [-0.05, 0) is 6.07 Å². The van der Waals surface area contributed by atoms with Crippen molar-refractivity contribution in [2.75, 3.05) is 0 Å². The van der Waals surface area contributed by atoms with Crippen molar-refractivity contribution in [1.29, 1.82) is 0 Å². The van der Waals surface area contributed by atoms with Gasteiger partial charge in [0.1, 0.15) is 10.7 Å². The first kappa shape index (κ1) is 12.9. The molecule has 0 N–H and O–H groups in total. The molecule has 0 aliphatic heterocycles. The van der Waals surface area contributed by atoms with Crippen LogP contribution in [-0.2, 0) is 4.79 Å². The van der Waals surface area contributed by atoms with E-state index in [4.69, 9.17) is 0 Å². The molecule has 0 bridgehead atoms. The summed E-state index contributed by atoms with van der Waals surface area (Å²) in [6.07, 6.45) is 0. The van der Waals surface area contributed by atoms with Gasteiger partial charge < -0.3 is 14.3 Å². The van der Waals surface area contributed by atoms with Crippen LogP contribution in [0.3, 0.4) is 0 Å². The molecule has 1 heterocycles. The van der Waals surface area contributed by atoms with Crippen molar-refractivity contribution < 1.29 is 48.8 Å². The summed E-state index contributed by atoms with van der Waals surface area (Å²) in [5.41, 5.74) is -0.423. The first-order valence-electron chi connectivity index (χ1n) is 3.17. The van der Waals surface area contributed by atoms with Crippen LogP contribution in [0.15, 0.2) is 23.1 Å². The van der Waals surface area contributed by atoms with Gasteiger partial charge in [-0.2, -0.15) is 0 Å². The molecule has 0 saturated carbocycles. The summed E-state index contributed by atoms with van der Waals surface area (Å²) < 4.78 is 4.55. The number of carbonyl (C=O) groups excluding carboxylic acids is 1. The largest absolute Gasteiger partial charge is 1.00 e. The van der Waals surface area contributed by atoms with Crippen LogP contribution in [0.5, 0.6) is 0 Å². The Morgan fingerprint density at radius 1 is 1.50 bits per heavy atom. The molecule has 0 unspecified atom stereocenters. The number of nitro groups is 1. The Hall–Kier alpha value is -1.11. The molecule has 0 aliphatic carbocycles. The molecule has 1 aromatic heterocycles. The average molecular weight is 205 g/mol. The zero-order valence-electron chi connectivity index (χ0n) is 7.35. The Labute approximate surface area is 101 Å². The van der Waals surface area contributed by atoms with Crippen LogP contribution in [-0.4, -0.2) is 10.9 Å². The van der Waals surface area contributed by atoms with Crippen molar-refractivity contribution in [3.8, 4) is 0 Å². The second-order valence-electron chi connectivity index (χ2n) is 2.16. The van der Waals surface area contributed by atoms with Gasteiger partial charge in [0.15, 0.2) is 0 Å². The molecule has 0 saturated heterocycles. The standard InChI is InChI=1S/C7H5NO5.Na/c1-4(7(9)10)5-2-3-6(13-5)8(11)12;/h2-3H,1H2,(H,9,10);/q;+1/p-1. The normalized spacial score (nSPS) is 8.86. The smallest absolute Gasteiger partial charge is 0.545 e. The maximum absolute atomic E-state index is 10.2. The van der Waals surface area contributed by atoms with E-state index < -0.39 is 22.3 Å². The first-order valence-corrected chi connectivity index (χ1v) is 3.17. The van der Waals surface area contributed by atoms with Crippen molar-refractivity contribution in [2.45, 2.75) is 0 Å². The average Bonchev–Trinajstić information content (AvgIpc) is 2.50. The summed E-state index contributed by atoms with van der Waals surface area (Å²) in [6, 6.07) is 2.19. The maximum Gasteiger partial charge on any atom is 1.00 e. The van der Waals surface area contributed by atoms with E-state index >= 15 is 0 Å². The molecule has 6 nitrogen and oxygen atoms in total. The fourth-order valence-corrected chi connectivity index (χ4v) is 0.689. The molecule has 0 radical (unpaired) electrons. The molecule has 14 heavy (non-hydrogen) atoms. The molecule has 0 amide bonds. The summed E-state index contributed by atoms with van der Waals surface area (Å²) in [4.78, 5) is 19.6. The van der Waals surface area contributed by atoms with Crippen LogP contribution >= 0.6 is 0 Å². The number of carbonyl (C=O) groups is 1. The number of carboxylic acids is 1. The van der Waals surface area contributed by atoms with E-state index in [-0.39, 0.29) is 35.3 Å². The molecule has 0 atom stereocenters. The number of furan rings is 1. The van der Waals surface area contributed by atoms with Gasteiger partial charge in [0.25, 0.3) is 0 Å². The summed E-state index contributed by atoms with van der Waals surface area (Å²) in [5.74, 6) is -2.23. The molecule has 0 fully saturated rings. The summed E-state index contributed by atoms with van der Waals surface area (Å²) in [5, 5.41) is 20.4. The van der Waals surface area contributed by atoms with Gasteiger partial charge in [0.2, 0.25) is 0 Å². The Bertz CT molecular complexity index is 383. The van der Waals surface area contributed by atoms with Crippen molar-refractivity contribution >= 4 is 17.4 Å². The Morgan fingerprint density at radius 3 is 2.43 bits per heavy atom. The minimum Gasteiger partial charge on any atom is -0.545 e. The predicted molar refractivity (Wildman–Crippen MR) is 39.4 cm³/mol. The fraction of sp³-hybridized carbons (Fsp3) is 0. The summed E-state index contributed by atoms with van der Waals surface area (Å²) in [6.45, 7) is 3.12. The van der Waals surface area contributed by atoms with E-state index in [1.807, 2.05) is 0 Å². The van der Waals surface area contributed by atoms with Gasteiger partial charge in [-0.3, -0.25) is 10.1 Å². The zero-order chi connectivity index (χ0) is 10.0. The van der Waals surface area contributed by atoms with Gasteiger partial charge in [0, 0.05) is 5.57 Å². The Morgan fingerprint density at radius 2 is 2.07 bits per heavy atom. The quantitative estimate of drug-likeness (QED) is 0.226. The van der Waals surface area contributed by atoms with Crippen LogP contribution in [0.4, 0.5) is 5.88 Å². The summed E-state index contributed by atoms with van der Waals surface area (Å²) in [7, 11) is 0. The van der Waals surface area contributed by atoms with Crippen LogP contribution in [0.1, 0.15) is 5.76 Å². The molecule has 0 spiro atoms. The van der Waals surface area contributed by atoms with Gasteiger partial charge in [0.05, 0.1) is 12.0 Å². The van der Waals surface area contributed by atoms with Gasteiger partial charge in [-0.25, -0.2) is 0 Å². The number of hydrogen-bond donors (Lipinski definition) is 0. The van der Waals surface area contributed by atoms with E-state index in [9.17, 15) is 20.0 Å². The van der Waals surface area contributed by atoms with E-state index in [0.717, 1.165) is 12.1 Å². The van der Waals surface area contributed by atoms with Crippen LogP contribution in [0.2, 0.25) is 0 Å². The minimum absolute atomic E-state index is 0. The molecule has 1 rings (SSSR count). The van der Waals surface area contributed by atoms with Crippen LogP contribution < -0.4 is 34.7 Å². The third-order valence-corrected chi connectivity index (χ3v) is 1.32. The first-order chi connectivity index (χ1) is 6.02. The SMILES string of the molecule is C=C(C(=O)[O-])c1ccc([N+](=O)[O-])o1.[Na+]. The summed E-state index contributed by atoms with van der Waals surface area (Å²) >= 11 is 0. The minimum atomic E-state index is -1.52. The predicted octanol–water partition coefficient (Wildman–Crippen LogP) is -3.05. The Kier molecular flexibility index (Phi) is 4.55. The molecule has 68 valence electrons. The second kappa shape index (κ2) is 4.94. The molecular weight excluding hydrogens is 201 g/mol. The zero-order valence-corrected chi connectivity index (χ0v) is 9.35. The monoisotopic (exact) mass is 205 g/mol. The Balaban J connectivity index is 0.00000169. The number of carboxylic acid groups (broad SMARTS) is 1. The van der Waals surface area contributed by atoms with Gasteiger partial charge in [-0.1, -0.05) is 6.58 Å². The van der Waals surface area contributed by atoms with E-state index in [2.05, 4.69) is 11.0 Å². The molecule has 1 aromatic rings. The molecular formula is C7H4NNaO5. The van der Waals surface area contributed by atoms with E-state index in [0.29, 0.717) is 0 Å². The topological polar surface area (TPSA) is 96.4 Å².